The first-order chi connectivity index (χ1) is 5.13. The Balaban J connectivity index is 2.74. The van der Waals surface area contributed by atoms with Crippen LogP contribution in [0.15, 0.2) is 12.2 Å². The zero-order valence-electron chi connectivity index (χ0n) is 6.53. The molecule has 0 aromatic heterocycles. The average Bonchev–Trinajstić information content (AvgIpc) is 1.85. The van der Waals surface area contributed by atoms with Gasteiger partial charge in [-0.25, -0.2) is 0 Å². The van der Waals surface area contributed by atoms with E-state index in [1.165, 1.54) is 0 Å². The van der Waals surface area contributed by atoms with E-state index in [0.29, 0.717) is 6.42 Å². The lowest BCUT2D eigenvalue weighted by atomic mass is 9.82. The monoisotopic (exact) mass is 155 g/mol. The van der Waals surface area contributed by atoms with Crippen LogP contribution in [0.25, 0.3) is 0 Å². The molecule has 3 heteroatoms. The minimum atomic E-state index is -0.783. The summed E-state index contributed by atoms with van der Waals surface area (Å²) in [5, 5.41) is 8.77. The van der Waals surface area contributed by atoms with Crippen molar-refractivity contribution in [3.05, 3.63) is 12.2 Å². The molecular weight excluding hydrogens is 142 g/mol. The second-order valence-corrected chi connectivity index (χ2v) is 3.05. The third-order valence-corrected chi connectivity index (χ3v) is 2.16. The Morgan fingerprint density at radius 2 is 2.36 bits per heavy atom. The van der Waals surface area contributed by atoms with E-state index in [0.717, 1.165) is 0 Å². The number of hydrogen-bond acceptors (Lipinski definition) is 2. The molecule has 62 valence electrons. The Hall–Kier alpha value is -0.830. The maximum Gasteiger partial charge on any atom is 0.308 e. The molecule has 3 N–H and O–H groups in total. The van der Waals surface area contributed by atoms with Gasteiger partial charge in [0.1, 0.15) is 0 Å². The van der Waals surface area contributed by atoms with E-state index in [9.17, 15) is 4.79 Å². The molecule has 11 heavy (non-hydrogen) atoms. The number of hydrogen-bond donors (Lipinski definition) is 2. The second-order valence-electron chi connectivity index (χ2n) is 3.05. The highest BCUT2D eigenvalue weighted by Crippen LogP contribution is 2.23. The van der Waals surface area contributed by atoms with Crippen molar-refractivity contribution in [3.63, 3.8) is 0 Å². The number of rotatable bonds is 1. The van der Waals surface area contributed by atoms with Crippen molar-refractivity contribution in [2.45, 2.75) is 19.4 Å². The van der Waals surface area contributed by atoms with E-state index < -0.39 is 11.9 Å². The molecule has 0 unspecified atom stereocenters. The van der Waals surface area contributed by atoms with Crippen molar-refractivity contribution in [3.8, 4) is 0 Å². The molecule has 1 aliphatic rings. The highest BCUT2D eigenvalue weighted by molar-refractivity contribution is 5.71. The molecule has 0 radical (unpaired) electrons. The summed E-state index contributed by atoms with van der Waals surface area (Å²) in [7, 11) is 0. The molecule has 0 fully saturated rings. The van der Waals surface area contributed by atoms with Gasteiger partial charge in [-0.2, -0.15) is 0 Å². The molecule has 0 aromatic carbocycles. The topological polar surface area (TPSA) is 63.3 Å². The number of carbonyl (C=O) groups is 1. The van der Waals surface area contributed by atoms with Crippen LogP contribution in [0, 0.1) is 11.8 Å². The maximum absolute atomic E-state index is 10.7. The molecule has 0 amide bonds. The smallest absolute Gasteiger partial charge is 0.308 e. The van der Waals surface area contributed by atoms with Crippen molar-refractivity contribution in [1.29, 1.82) is 0 Å². The van der Waals surface area contributed by atoms with E-state index >= 15 is 0 Å². The standard InChI is InChI=1S/C8H13NO2/c1-5-3-2-4-6(9)7(5)8(10)11/h2-3,5-7H,4,9H2,1H3,(H,10,11)/t5-,6+,7-/m1/s1. The van der Waals surface area contributed by atoms with Gasteiger partial charge in [0.25, 0.3) is 0 Å². The molecule has 0 aliphatic heterocycles. The highest BCUT2D eigenvalue weighted by atomic mass is 16.4. The number of carboxylic acids is 1. The predicted octanol–water partition coefficient (Wildman–Crippen LogP) is 0.611. The van der Waals surface area contributed by atoms with Crippen LogP contribution < -0.4 is 5.73 Å². The third-order valence-electron chi connectivity index (χ3n) is 2.16. The summed E-state index contributed by atoms with van der Waals surface area (Å²) in [6.45, 7) is 1.88. The van der Waals surface area contributed by atoms with Gasteiger partial charge < -0.3 is 10.8 Å². The summed E-state index contributed by atoms with van der Waals surface area (Å²) in [4.78, 5) is 10.7. The number of aliphatic carboxylic acids is 1. The molecule has 0 saturated heterocycles. The van der Waals surface area contributed by atoms with Crippen LogP contribution in [0.5, 0.6) is 0 Å². The van der Waals surface area contributed by atoms with Gasteiger partial charge in [-0.1, -0.05) is 19.1 Å². The number of allylic oxidation sites excluding steroid dienone is 1. The SMILES string of the molecule is C[C@@H]1C=CC[C@H](N)[C@@H]1C(=O)O. The average molecular weight is 155 g/mol. The predicted molar refractivity (Wildman–Crippen MR) is 42.0 cm³/mol. The first kappa shape index (κ1) is 8.27. The third kappa shape index (κ3) is 1.60. The van der Waals surface area contributed by atoms with Crippen LogP contribution in [-0.2, 0) is 4.79 Å². The first-order valence-corrected chi connectivity index (χ1v) is 3.78. The molecule has 0 spiro atoms. The summed E-state index contributed by atoms with van der Waals surface area (Å²) < 4.78 is 0. The van der Waals surface area contributed by atoms with Crippen LogP contribution in [0.1, 0.15) is 13.3 Å². The molecule has 3 nitrogen and oxygen atoms in total. The number of carboxylic acid groups (broad SMARTS) is 1. The molecule has 3 atom stereocenters. The molecule has 1 rings (SSSR count). The van der Waals surface area contributed by atoms with Gasteiger partial charge in [-0.15, -0.1) is 0 Å². The van der Waals surface area contributed by atoms with E-state index in [1.807, 2.05) is 19.1 Å². The largest absolute Gasteiger partial charge is 0.481 e. The molecule has 0 bridgehead atoms. The Morgan fingerprint density at radius 1 is 1.73 bits per heavy atom. The van der Waals surface area contributed by atoms with Gasteiger partial charge in [0, 0.05) is 6.04 Å². The second kappa shape index (κ2) is 3.05. The fraction of sp³-hybridized carbons (Fsp3) is 0.625. The van der Waals surface area contributed by atoms with E-state index in [4.69, 9.17) is 10.8 Å². The zero-order chi connectivity index (χ0) is 8.43. The van der Waals surface area contributed by atoms with Crippen molar-refractivity contribution < 1.29 is 9.90 Å². The van der Waals surface area contributed by atoms with Crippen molar-refractivity contribution in [1.82, 2.24) is 0 Å². The van der Waals surface area contributed by atoms with Crippen LogP contribution >= 0.6 is 0 Å². The molecular formula is C8H13NO2. The van der Waals surface area contributed by atoms with Crippen molar-refractivity contribution in [2.24, 2.45) is 17.6 Å². The fourth-order valence-electron chi connectivity index (χ4n) is 1.51. The summed E-state index contributed by atoms with van der Waals surface area (Å²) >= 11 is 0. The van der Waals surface area contributed by atoms with Gasteiger partial charge in [0.05, 0.1) is 5.92 Å². The van der Waals surface area contributed by atoms with E-state index in [-0.39, 0.29) is 12.0 Å². The lowest BCUT2D eigenvalue weighted by molar-refractivity contribution is -0.143. The number of nitrogens with two attached hydrogens (primary N) is 1. The summed E-state index contributed by atoms with van der Waals surface area (Å²) in [6.07, 6.45) is 4.55. The highest BCUT2D eigenvalue weighted by Gasteiger charge is 2.30. The van der Waals surface area contributed by atoms with Crippen LogP contribution in [0.3, 0.4) is 0 Å². The lowest BCUT2D eigenvalue weighted by Crippen LogP contribution is -2.40. The van der Waals surface area contributed by atoms with Crippen LogP contribution in [-0.4, -0.2) is 17.1 Å². The minimum absolute atomic E-state index is 0.0660. The minimum Gasteiger partial charge on any atom is -0.481 e. The summed E-state index contributed by atoms with van der Waals surface area (Å²) in [6, 6.07) is -0.215. The first-order valence-electron chi connectivity index (χ1n) is 3.78. The van der Waals surface area contributed by atoms with Crippen LogP contribution in [0.4, 0.5) is 0 Å². The molecule has 0 heterocycles. The Kier molecular flexibility index (Phi) is 2.29. The van der Waals surface area contributed by atoms with Gasteiger partial charge >= 0.3 is 5.97 Å². The van der Waals surface area contributed by atoms with Gasteiger partial charge in [-0.05, 0) is 12.3 Å². The Morgan fingerprint density at radius 3 is 2.73 bits per heavy atom. The van der Waals surface area contributed by atoms with Crippen molar-refractivity contribution in [2.75, 3.05) is 0 Å². The van der Waals surface area contributed by atoms with Crippen molar-refractivity contribution >= 4 is 5.97 Å². The Labute approximate surface area is 65.9 Å². The van der Waals surface area contributed by atoms with Crippen LogP contribution in [0.2, 0.25) is 0 Å². The summed E-state index contributed by atoms with van der Waals surface area (Å²) in [5.74, 6) is -1.12. The fourth-order valence-corrected chi connectivity index (χ4v) is 1.51. The quantitative estimate of drug-likeness (QED) is 0.545. The van der Waals surface area contributed by atoms with Gasteiger partial charge in [0.2, 0.25) is 0 Å². The summed E-state index contributed by atoms with van der Waals surface area (Å²) in [5.41, 5.74) is 5.64. The molecule has 0 saturated carbocycles. The zero-order valence-corrected chi connectivity index (χ0v) is 6.53. The normalized spacial score (nSPS) is 37.1. The maximum atomic E-state index is 10.7. The van der Waals surface area contributed by atoms with Gasteiger partial charge in [-0.3, -0.25) is 4.79 Å². The molecule has 1 aliphatic carbocycles. The van der Waals surface area contributed by atoms with Gasteiger partial charge in [0.15, 0.2) is 0 Å². The molecule has 0 aromatic rings. The lowest BCUT2D eigenvalue weighted by Gasteiger charge is -2.26. The van der Waals surface area contributed by atoms with E-state index in [2.05, 4.69) is 0 Å². The Bertz CT molecular complexity index is 189. The van der Waals surface area contributed by atoms with E-state index in [1.54, 1.807) is 0 Å².